The molecule has 0 aliphatic carbocycles. The van der Waals surface area contributed by atoms with Crippen LogP contribution in [0.15, 0.2) is 255 Å². The van der Waals surface area contributed by atoms with Gasteiger partial charge < -0.3 is 14.4 Å². The van der Waals surface area contributed by atoms with Crippen LogP contribution in [-0.2, 0) is 26.5 Å². The summed E-state index contributed by atoms with van der Waals surface area (Å²) in [6.07, 6.45) is 0. The van der Waals surface area contributed by atoms with Gasteiger partial charge in [0.05, 0.1) is 16.7 Å². The molecule has 6 heteroatoms. The van der Waals surface area contributed by atoms with E-state index in [4.69, 9.17) is 4.98 Å². The molecular formula is C72H52N5Pt-3. The molecule has 0 bridgehead atoms. The van der Waals surface area contributed by atoms with Crippen LogP contribution >= 0.6 is 0 Å². The Labute approximate surface area is 470 Å². The third-order valence-electron chi connectivity index (χ3n) is 15.2. The van der Waals surface area contributed by atoms with Crippen molar-refractivity contribution in [2.45, 2.75) is 26.2 Å². The first-order valence-electron chi connectivity index (χ1n) is 26.4. The number of nitrogens with zero attached hydrogens (tertiary/aromatic N) is 5. The standard InChI is InChI=1S/C72H52N5.Pt/c1-72(2,3)55-32-20-31-54(45-55)58-35-22-40-66-69(58)73-71(76(66)63-38-18-16-33-57(63)50-25-10-5-11-26-50)77-64-39-19-17-34-61(64)62-43-42-56(47-67(62)77)74-48-75(68-46-53(41-44-65(68)74)49-23-8-4-9-24-49)70-59(51-27-12-6-13-28-51)36-21-37-60(70)52-29-14-7-15-30-52;/h4-30,32-46,48H,1-3H3;/q-3;. The number of hydrogen-bond donors (Lipinski definition) is 0. The van der Waals surface area contributed by atoms with E-state index in [0.717, 1.165) is 123 Å². The van der Waals surface area contributed by atoms with Crippen LogP contribution in [0.2, 0.25) is 0 Å². The molecule has 0 saturated heterocycles. The molecule has 78 heavy (non-hydrogen) atoms. The van der Waals surface area contributed by atoms with Gasteiger partial charge in [-0.2, -0.15) is 6.07 Å². The predicted molar refractivity (Wildman–Crippen MR) is 320 cm³/mol. The van der Waals surface area contributed by atoms with Crippen molar-refractivity contribution in [2.24, 2.45) is 0 Å². The average molecular weight is 1180 g/mol. The molecule has 5 nitrogen and oxygen atoms in total. The van der Waals surface area contributed by atoms with E-state index in [1.54, 1.807) is 0 Å². The molecule has 0 amide bonds. The Kier molecular flexibility index (Phi) is 12.4. The first kappa shape index (κ1) is 48.6. The Morgan fingerprint density at radius 1 is 0.423 bits per heavy atom. The second kappa shape index (κ2) is 19.8. The topological polar surface area (TPSA) is 29.2 Å². The molecule has 0 spiro atoms. The normalized spacial score (nSPS) is 12.3. The molecule has 14 rings (SSSR count). The Bertz CT molecular complexity index is 4290. The molecule has 0 radical (unpaired) electrons. The summed E-state index contributed by atoms with van der Waals surface area (Å²) in [5, 5.41) is 2.21. The van der Waals surface area contributed by atoms with Crippen LogP contribution in [0.1, 0.15) is 26.3 Å². The Morgan fingerprint density at radius 3 is 1.69 bits per heavy atom. The minimum Gasteiger partial charge on any atom is -0.493 e. The molecular weight excluding hydrogens is 1130 g/mol. The van der Waals surface area contributed by atoms with Gasteiger partial charge in [-0.25, -0.2) is 4.98 Å². The van der Waals surface area contributed by atoms with Gasteiger partial charge in [0, 0.05) is 60.3 Å². The SMILES string of the molecule is CC(C)(C)c1cc[c-]c(-c2cccc3c2nc(-n2c4[c-]c(N5[CH-]N(c6c(-c7ccccc7)cccc6-c6ccccc6)c6cc(-c7ccccc7)ccc65)ccc4c4ccccc42)n3-c2ccccc2-c2ccccc2)c1.[Pt]. The number of para-hydroxylation sites is 4. The Morgan fingerprint density at radius 2 is 1.00 bits per heavy atom. The zero-order chi connectivity index (χ0) is 51.6. The average Bonchev–Trinajstić information content (AvgIpc) is 4.38. The summed E-state index contributed by atoms with van der Waals surface area (Å²) in [6.45, 7) is 9.04. The minimum atomic E-state index is -0.0443. The quantitative estimate of drug-likeness (QED) is 0.135. The van der Waals surface area contributed by atoms with Crippen molar-refractivity contribution >= 4 is 55.6 Å². The summed E-state index contributed by atoms with van der Waals surface area (Å²) in [5.41, 5.74) is 21.3. The molecule has 0 fully saturated rings. The number of fused-ring (bicyclic) bond motifs is 5. The second-order valence-corrected chi connectivity index (χ2v) is 20.9. The second-order valence-electron chi connectivity index (χ2n) is 20.9. The van der Waals surface area contributed by atoms with Crippen molar-refractivity contribution in [3.63, 3.8) is 0 Å². The summed E-state index contributed by atoms with van der Waals surface area (Å²) >= 11 is 0. The Balaban J connectivity index is 0.00000579. The third-order valence-corrected chi connectivity index (χ3v) is 15.2. The molecule has 11 aromatic carbocycles. The number of benzene rings is 11. The molecule has 0 N–H and O–H groups in total. The largest absolute Gasteiger partial charge is 0.493 e. The number of hydrogen-bond acceptors (Lipinski definition) is 3. The maximum Gasteiger partial charge on any atom is 0.217 e. The maximum absolute atomic E-state index is 5.82. The van der Waals surface area contributed by atoms with Gasteiger partial charge >= 0.3 is 0 Å². The van der Waals surface area contributed by atoms with E-state index < -0.39 is 0 Å². The summed E-state index contributed by atoms with van der Waals surface area (Å²) in [7, 11) is 0. The van der Waals surface area contributed by atoms with E-state index in [9.17, 15) is 0 Å². The molecule has 0 unspecified atom stereocenters. The van der Waals surface area contributed by atoms with Crippen molar-refractivity contribution in [1.29, 1.82) is 0 Å². The number of anilines is 4. The Hall–Kier alpha value is -9.02. The molecule has 13 aromatic rings. The van der Waals surface area contributed by atoms with Gasteiger partial charge in [-0.15, -0.1) is 65.3 Å². The van der Waals surface area contributed by atoms with Gasteiger partial charge in [-0.1, -0.05) is 226 Å². The van der Waals surface area contributed by atoms with Gasteiger partial charge in [-0.05, 0) is 69.0 Å². The summed E-state index contributed by atoms with van der Waals surface area (Å²) < 4.78 is 4.69. The van der Waals surface area contributed by atoms with Crippen LogP contribution in [0.3, 0.4) is 0 Å². The van der Waals surface area contributed by atoms with Crippen LogP contribution in [0.25, 0.3) is 100 Å². The fourth-order valence-electron chi connectivity index (χ4n) is 11.4. The van der Waals surface area contributed by atoms with Crippen LogP contribution in [0.5, 0.6) is 0 Å². The molecule has 0 atom stereocenters. The van der Waals surface area contributed by atoms with E-state index in [-0.39, 0.29) is 26.5 Å². The number of aromatic nitrogens is 3. The molecule has 0 saturated carbocycles. The third kappa shape index (κ3) is 8.34. The van der Waals surface area contributed by atoms with Crippen molar-refractivity contribution in [3.05, 3.63) is 279 Å². The van der Waals surface area contributed by atoms with Crippen LogP contribution in [0, 0.1) is 18.8 Å². The summed E-state index contributed by atoms with van der Waals surface area (Å²) in [5.74, 6) is 0.770. The molecule has 1 aliphatic rings. The zero-order valence-electron chi connectivity index (χ0n) is 43.4. The fraction of sp³-hybridized carbons (Fsp3) is 0.0556. The predicted octanol–water partition coefficient (Wildman–Crippen LogP) is 18.8. The van der Waals surface area contributed by atoms with Crippen LogP contribution < -0.4 is 9.80 Å². The first-order valence-corrected chi connectivity index (χ1v) is 26.4. The van der Waals surface area contributed by atoms with Gasteiger partial charge in [-0.3, -0.25) is 4.57 Å². The number of imidazole rings is 1. The van der Waals surface area contributed by atoms with E-state index in [1.807, 2.05) is 0 Å². The number of rotatable bonds is 9. The van der Waals surface area contributed by atoms with Crippen molar-refractivity contribution < 1.29 is 21.1 Å². The molecule has 3 heterocycles. The monoisotopic (exact) mass is 1180 g/mol. The van der Waals surface area contributed by atoms with Crippen molar-refractivity contribution in [2.75, 3.05) is 9.80 Å². The van der Waals surface area contributed by atoms with Crippen molar-refractivity contribution in [1.82, 2.24) is 14.1 Å². The maximum atomic E-state index is 5.82. The van der Waals surface area contributed by atoms with E-state index in [1.165, 1.54) is 5.56 Å². The van der Waals surface area contributed by atoms with Crippen molar-refractivity contribution in [3.8, 4) is 67.3 Å². The van der Waals surface area contributed by atoms with Crippen LogP contribution in [0.4, 0.5) is 22.7 Å². The van der Waals surface area contributed by atoms with E-state index in [2.05, 4.69) is 313 Å². The molecule has 1 aliphatic heterocycles. The fourth-order valence-corrected chi connectivity index (χ4v) is 11.4. The van der Waals surface area contributed by atoms with Gasteiger partial charge in [0.25, 0.3) is 0 Å². The first-order chi connectivity index (χ1) is 37.9. The van der Waals surface area contributed by atoms with Gasteiger partial charge in [0.2, 0.25) is 5.95 Å². The zero-order valence-corrected chi connectivity index (χ0v) is 45.7. The summed E-state index contributed by atoms with van der Waals surface area (Å²) in [4.78, 5) is 10.5. The van der Waals surface area contributed by atoms with E-state index >= 15 is 0 Å². The van der Waals surface area contributed by atoms with E-state index in [0.29, 0.717) is 0 Å². The van der Waals surface area contributed by atoms with Gasteiger partial charge in [0.15, 0.2) is 0 Å². The molecule has 2 aromatic heterocycles. The minimum absolute atomic E-state index is 0. The molecule has 378 valence electrons. The van der Waals surface area contributed by atoms with Gasteiger partial charge in [0.1, 0.15) is 0 Å². The smallest absolute Gasteiger partial charge is 0.217 e. The summed E-state index contributed by atoms with van der Waals surface area (Å²) in [6, 6.07) is 99.0. The van der Waals surface area contributed by atoms with Crippen LogP contribution in [-0.4, -0.2) is 14.1 Å².